The number of benzene rings is 2. The summed E-state index contributed by atoms with van der Waals surface area (Å²) in [5, 5.41) is 7.75. The summed E-state index contributed by atoms with van der Waals surface area (Å²) in [5.41, 5.74) is 3.56. The predicted molar refractivity (Wildman–Crippen MR) is 143 cm³/mol. The van der Waals surface area contributed by atoms with Crippen molar-refractivity contribution in [3.63, 3.8) is 0 Å². The van der Waals surface area contributed by atoms with Crippen molar-refractivity contribution in [2.75, 3.05) is 37.6 Å². The predicted octanol–water partition coefficient (Wildman–Crippen LogP) is 5.39. The summed E-state index contributed by atoms with van der Waals surface area (Å²) in [6.45, 7) is 5.46. The molecule has 3 heterocycles. The normalized spacial score (nSPS) is 18.6. The Bertz CT molecular complexity index is 1300. The van der Waals surface area contributed by atoms with Crippen molar-refractivity contribution in [2.24, 2.45) is 0 Å². The van der Waals surface area contributed by atoms with Crippen molar-refractivity contribution in [3.8, 4) is 0 Å². The number of rotatable bonds is 7. The van der Waals surface area contributed by atoms with Gasteiger partial charge in [-0.2, -0.15) is 0 Å². The standard InChI is InChI=1S/C27H30N4OS2/c32-19-28-27(10-1-2-11-27)26-29-22-7-6-20(18-25(22)34-26)8-12-30-13-15-31(16-14-30)23-4-3-5-24-21(23)9-17-33-24/h3-7,9,17-19H,1-2,8,10-16H2,(H,28,32). The first-order valence-electron chi connectivity index (χ1n) is 12.3. The quantitative estimate of drug-likeness (QED) is 0.353. The molecule has 7 heteroatoms. The Morgan fingerprint density at radius 2 is 1.88 bits per heavy atom. The van der Waals surface area contributed by atoms with Crippen LogP contribution in [0.3, 0.4) is 0 Å². The molecule has 2 aromatic carbocycles. The van der Waals surface area contributed by atoms with Gasteiger partial charge in [-0.05, 0) is 60.5 Å². The van der Waals surface area contributed by atoms with Crippen LogP contribution in [0, 0.1) is 0 Å². The number of nitrogens with one attached hydrogen (secondary N) is 1. The maximum Gasteiger partial charge on any atom is 0.207 e. The van der Waals surface area contributed by atoms with E-state index in [4.69, 9.17) is 4.98 Å². The van der Waals surface area contributed by atoms with Crippen LogP contribution in [-0.4, -0.2) is 49.0 Å². The van der Waals surface area contributed by atoms with Gasteiger partial charge >= 0.3 is 0 Å². The van der Waals surface area contributed by atoms with Gasteiger partial charge in [0.1, 0.15) is 5.01 Å². The fraction of sp³-hybridized carbons (Fsp3) is 0.407. The third-order valence-corrected chi connectivity index (χ3v) is 9.66. The number of hydrogen-bond acceptors (Lipinski definition) is 6. The summed E-state index contributed by atoms with van der Waals surface area (Å²) in [6, 6.07) is 15.6. The monoisotopic (exact) mass is 490 g/mol. The van der Waals surface area contributed by atoms with Gasteiger partial charge in [-0.25, -0.2) is 4.98 Å². The van der Waals surface area contributed by atoms with Crippen LogP contribution >= 0.6 is 22.7 Å². The Hall–Kier alpha value is -2.48. The number of carbonyl (C=O) groups excluding carboxylic acids is 1. The van der Waals surface area contributed by atoms with Crippen LogP contribution in [0.15, 0.2) is 47.8 Å². The second kappa shape index (κ2) is 9.29. The van der Waals surface area contributed by atoms with Crippen LogP contribution in [0.1, 0.15) is 36.3 Å². The lowest BCUT2D eigenvalue weighted by Gasteiger charge is -2.36. The molecule has 1 amide bonds. The molecule has 1 aliphatic carbocycles. The number of fused-ring (bicyclic) bond motifs is 2. The second-order valence-corrected chi connectivity index (χ2v) is 11.5. The zero-order chi connectivity index (χ0) is 23.0. The maximum atomic E-state index is 11.2. The number of amides is 1. The van der Waals surface area contributed by atoms with Gasteiger partial charge < -0.3 is 10.2 Å². The maximum absolute atomic E-state index is 11.2. The molecule has 0 bridgehead atoms. The number of thiophene rings is 1. The molecule has 1 saturated heterocycles. The Balaban J connectivity index is 1.09. The van der Waals surface area contributed by atoms with Crippen molar-refractivity contribution in [2.45, 2.75) is 37.6 Å². The van der Waals surface area contributed by atoms with Gasteiger partial charge in [-0.15, -0.1) is 22.7 Å². The van der Waals surface area contributed by atoms with Gasteiger partial charge in [0.25, 0.3) is 0 Å². The largest absolute Gasteiger partial charge is 0.368 e. The van der Waals surface area contributed by atoms with E-state index in [1.165, 1.54) is 26.0 Å². The fourth-order valence-electron chi connectivity index (χ4n) is 5.59. The highest BCUT2D eigenvalue weighted by Gasteiger charge is 2.38. The van der Waals surface area contributed by atoms with E-state index >= 15 is 0 Å². The van der Waals surface area contributed by atoms with E-state index in [0.717, 1.165) is 81.8 Å². The number of thiazole rings is 1. The molecule has 6 rings (SSSR count). The number of hydrogen-bond donors (Lipinski definition) is 1. The van der Waals surface area contributed by atoms with E-state index in [1.54, 1.807) is 11.3 Å². The number of piperazine rings is 1. The molecule has 2 aliphatic rings. The Morgan fingerprint density at radius 1 is 1.03 bits per heavy atom. The summed E-state index contributed by atoms with van der Waals surface area (Å²) >= 11 is 3.58. The molecule has 34 heavy (non-hydrogen) atoms. The summed E-state index contributed by atoms with van der Waals surface area (Å²) < 4.78 is 2.61. The number of carbonyl (C=O) groups is 1. The molecule has 2 fully saturated rings. The van der Waals surface area contributed by atoms with Crippen LogP contribution in [-0.2, 0) is 16.8 Å². The molecule has 0 spiro atoms. The summed E-state index contributed by atoms with van der Waals surface area (Å²) in [6.07, 6.45) is 6.19. The van der Waals surface area contributed by atoms with Crippen molar-refractivity contribution in [1.82, 2.24) is 15.2 Å². The van der Waals surface area contributed by atoms with E-state index in [2.05, 4.69) is 63.0 Å². The Kier molecular flexibility index (Phi) is 6.01. The van der Waals surface area contributed by atoms with Crippen LogP contribution < -0.4 is 10.2 Å². The molecule has 0 unspecified atom stereocenters. The average molecular weight is 491 g/mol. The minimum atomic E-state index is -0.251. The number of aromatic nitrogens is 1. The smallest absolute Gasteiger partial charge is 0.207 e. The lowest BCUT2D eigenvalue weighted by molar-refractivity contribution is -0.111. The molecule has 1 N–H and O–H groups in total. The highest BCUT2D eigenvalue weighted by Crippen LogP contribution is 2.41. The zero-order valence-electron chi connectivity index (χ0n) is 19.3. The summed E-state index contributed by atoms with van der Waals surface area (Å²) in [4.78, 5) is 21.3. The van der Waals surface area contributed by atoms with Crippen LogP contribution in [0.2, 0.25) is 0 Å². The van der Waals surface area contributed by atoms with Gasteiger partial charge in [-0.3, -0.25) is 9.69 Å². The molecule has 4 aromatic rings. The highest BCUT2D eigenvalue weighted by atomic mass is 32.1. The Morgan fingerprint density at radius 3 is 2.71 bits per heavy atom. The molecule has 2 aromatic heterocycles. The minimum absolute atomic E-state index is 0.251. The van der Waals surface area contributed by atoms with Crippen molar-refractivity contribution >= 4 is 55.1 Å². The molecule has 0 radical (unpaired) electrons. The summed E-state index contributed by atoms with van der Waals surface area (Å²) in [5.74, 6) is 0. The number of anilines is 1. The SMILES string of the molecule is O=CNC1(c2nc3ccc(CCN4CCN(c5cccc6sccc56)CC4)cc3s2)CCCC1. The van der Waals surface area contributed by atoms with Gasteiger partial charge in [0.05, 0.1) is 15.8 Å². The van der Waals surface area contributed by atoms with Crippen LogP contribution in [0.25, 0.3) is 20.3 Å². The van der Waals surface area contributed by atoms with Gasteiger partial charge in [0.15, 0.2) is 0 Å². The van der Waals surface area contributed by atoms with E-state index in [-0.39, 0.29) is 5.54 Å². The molecule has 5 nitrogen and oxygen atoms in total. The summed E-state index contributed by atoms with van der Waals surface area (Å²) in [7, 11) is 0. The third-order valence-electron chi connectivity index (χ3n) is 7.56. The molecular weight excluding hydrogens is 460 g/mol. The van der Waals surface area contributed by atoms with Crippen LogP contribution in [0.5, 0.6) is 0 Å². The van der Waals surface area contributed by atoms with Crippen molar-refractivity contribution in [1.29, 1.82) is 0 Å². The molecule has 0 atom stereocenters. The van der Waals surface area contributed by atoms with Crippen molar-refractivity contribution in [3.05, 3.63) is 58.4 Å². The minimum Gasteiger partial charge on any atom is -0.368 e. The second-order valence-electron chi connectivity index (χ2n) is 9.56. The molecule has 176 valence electrons. The Labute approximate surface area is 208 Å². The van der Waals surface area contributed by atoms with E-state index in [0.29, 0.717) is 0 Å². The van der Waals surface area contributed by atoms with Gasteiger partial charge in [0, 0.05) is 48.5 Å². The first-order valence-corrected chi connectivity index (χ1v) is 14.0. The van der Waals surface area contributed by atoms with Gasteiger partial charge in [0.2, 0.25) is 6.41 Å². The van der Waals surface area contributed by atoms with E-state index in [9.17, 15) is 4.79 Å². The van der Waals surface area contributed by atoms with Gasteiger partial charge in [-0.1, -0.05) is 25.0 Å². The average Bonchev–Trinajstić information content (AvgIpc) is 3.62. The molecule has 1 aliphatic heterocycles. The number of nitrogens with zero attached hydrogens (tertiary/aromatic N) is 3. The van der Waals surface area contributed by atoms with Crippen LogP contribution in [0.4, 0.5) is 5.69 Å². The third kappa shape index (κ3) is 4.10. The lowest BCUT2D eigenvalue weighted by atomic mass is 9.99. The molecule has 1 saturated carbocycles. The van der Waals surface area contributed by atoms with Crippen molar-refractivity contribution < 1.29 is 4.79 Å². The zero-order valence-corrected chi connectivity index (χ0v) is 21.0. The lowest BCUT2D eigenvalue weighted by Crippen LogP contribution is -2.47. The highest BCUT2D eigenvalue weighted by molar-refractivity contribution is 7.18. The molecular formula is C27H30N4OS2. The fourth-order valence-corrected chi connectivity index (χ4v) is 7.64. The van der Waals surface area contributed by atoms with E-state index in [1.807, 2.05) is 11.3 Å². The van der Waals surface area contributed by atoms with E-state index < -0.39 is 0 Å². The first kappa shape index (κ1) is 22.0. The topological polar surface area (TPSA) is 48.5 Å². The first-order chi connectivity index (χ1) is 16.7.